The van der Waals surface area contributed by atoms with Crippen molar-refractivity contribution in [3.8, 4) is 0 Å². The van der Waals surface area contributed by atoms with Crippen LogP contribution in [0.25, 0.3) is 0 Å². The first kappa shape index (κ1) is 15.3. The molecule has 1 amide bonds. The Morgan fingerprint density at radius 2 is 1.68 bits per heavy atom. The third kappa shape index (κ3) is 3.36. The van der Waals surface area contributed by atoms with E-state index >= 15 is 0 Å². The van der Waals surface area contributed by atoms with Gasteiger partial charge in [0.2, 0.25) is 0 Å². The molecule has 0 aliphatic carbocycles. The Morgan fingerprint density at radius 3 is 2.00 bits per heavy atom. The number of amides is 1. The van der Waals surface area contributed by atoms with E-state index in [1.807, 2.05) is 0 Å². The average Bonchev–Trinajstić information content (AvgIpc) is 2.53. The Labute approximate surface area is 111 Å². The molecular weight excluding hydrogens is 254 g/mol. The van der Waals surface area contributed by atoms with Crippen LogP contribution in [0.1, 0.15) is 27.7 Å². The summed E-state index contributed by atoms with van der Waals surface area (Å²) in [5, 5.41) is 18.1. The molecule has 7 heteroatoms. The van der Waals surface area contributed by atoms with Gasteiger partial charge in [-0.15, -0.1) is 0 Å². The number of aliphatic carboxylic acids is 2. The van der Waals surface area contributed by atoms with E-state index in [-0.39, 0.29) is 6.54 Å². The molecule has 3 atom stereocenters. The van der Waals surface area contributed by atoms with Crippen molar-refractivity contribution in [3.05, 3.63) is 0 Å². The largest absolute Gasteiger partial charge is 0.481 e. The van der Waals surface area contributed by atoms with Gasteiger partial charge in [0.1, 0.15) is 5.60 Å². The first-order chi connectivity index (χ1) is 8.54. The molecule has 0 spiro atoms. The molecule has 1 aliphatic heterocycles. The molecular formula is C12H19NO6. The van der Waals surface area contributed by atoms with Gasteiger partial charge in [0.05, 0.1) is 11.8 Å². The Balaban J connectivity index is 2.91. The number of carbonyl (C=O) groups is 3. The Bertz CT molecular complexity index is 400. The van der Waals surface area contributed by atoms with Gasteiger partial charge in [-0.3, -0.25) is 9.59 Å². The van der Waals surface area contributed by atoms with Crippen LogP contribution in [0.15, 0.2) is 0 Å². The van der Waals surface area contributed by atoms with Gasteiger partial charge >= 0.3 is 18.0 Å². The molecule has 0 aromatic rings. The van der Waals surface area contributed by atoms with Crippen LogP contribution in [0.4, 0.5) is 4.79 Å². The normalized spacial score (nSPS) is 27.2. The van der Waals surface area contributed by atoms with E-state index in [1.54, 1.807) is 20.8 Å². The molecule has 2 N–H and O–H groups in total. The maximum absolute atomic E-state index is 11.9. The minimum atomic E-state index is -1.22. The van der Waals surface area contributed by atoms with Crippen molar-refractivity contribution in [2.75, 3.05) is 6.54 Å². The quantitative estimate of drug-likeness (QED) is 0.778. The zero-order chi connectivity index (χ0) is 15.0. The number of carbonyl (C=O) groups excluding carboxylic acids is 1. The summed E-state index contributed by atoms with van der Waals surface area (Å²) in [5.41, 5.74) is -0.711. The zero-order valence-corrected chi connectivity index (χ0v) is 11.4. The highest BCUT2D eigenvalue weighted by Gasteiger charge is 2.49. The second-order valence-electron chi connectivity index (χ2n) is 5.68. The van der Waals surface area contributed by atoms with Gasteiger partial charge in [-0.2, -0.15) is 0 Å². The maximum Gasteiger partial charge on any atom is 0.410 e. The summed E-state index contributed by atoms with van der Waals surface area (Å²) in [4.78, 5) is 35.3. The van der Waals surface area contributed by atoms with Gasteiger partial charge in [-0.05, 0) is 27.7 Å². The van der Waals surface area contributed by atoms with Crippen LogP contribution in [0.3, 0.4) is 0 Å². The fraction of sp³-hybridized carbons (Fsp3) is 0.750. The van der Waals surface area contributed by atoms with Gasteiger partial charge < -0.3 is 19.8 Å². The molecule has 1 fully saturated rings. The molecule has 0 aromatic carbocycles. The number of carboxylic acids is 2. The summed E-state index contributed by atoms with van der Waals surface area (Å²) in [6.45, 7) is 6.44. The lowest BCUT2D eigenvalue weighted by molar-refractivity contribution is -0.152. The smallest absolute Gasteiger partial charge is 0.410 e. The zero-order valence-electron chi connectivity index (χ0n) is 11.4. The molecule has 0 radical (unpaired) electrons. The van der Waals surface area contributed by atoms with Crippen LogP contribution in [0, 0.1) is 11.8 Å². The van der Waals surface area contributed by atoms with Crippen LogP contribution in [-0.2, 0) is 14.3 Å². The van der Waals surface area contributed by atoms with Crippen molar-refractivity contribution in [2.45, 2.75) is 39.3 Å². The van der Waals surface area contributed by atoms with Crippen molar-refractivity contribution in [3.63, 3.8) is 0 Å². The van der Waals surface area contributed by atoms with Crippen molar-refractivity contribution in [1.29, 1.82) is 0 Å². The van der Waals surface area contributed by atoms with Crippen molar-refractivity contribution >= 4 is 18.0 Å². The van der Waals surface area contributed by atoms with E-state index < -0.39 is 41.5 Å². The molecule has 1 heterocycles. The summed E-state index contributed by atoms with van der Waals surface area (Å²) < 4.78 is 5.15. The maximum atomic E-state index is 11.9. The molecule has 0 bridgehead atoms. The lowest BCUT2D eigenvalue weighted by atomic mass is 9.91. The summed E-state index contributed by atoms with van der Waals surface area (Å²) in [6, 6.07) is -0.714. The summed E-state index contributed by atoms with van der Waals surface area (Å²) in [6.07, 6.45) is -0.685. The van der Waals surface area contributed by atoms with Gasteiger partial charge in [0, 0.05) is 12.6 Å². The number of hydrogen-bond donors (Lipinski definition) is 2. The van der Waals surface area contributed by atoms with Crippen molar-refractivity contribution in [2.24, 2.45) is 11.8 Å². The predicted molar refractivity (Wildman–Crippen MR) is 64.7 cm³/mol. The summed E-state index contributed by atoms with van der Waals surface area (Å²) in [5.74, 6) is -4.67. The van der Waals surface area contributed by atoms with Crippen LogP contribution in [0.5, 0.6) is 0 Å². The average molecular weight is 273 g/mol. The second-order valence-corrected chi connectivity index (χ2v) is 5.68. The lowest BCUT2D eigenvalue weighted by Crippen LogP contribution is -2.41. The minimum Gasteiger partial charge on any atom is -0.481 e. The van der Waals surface area contributed by atoms with Gasteiger partial charge in [-0.25, -0.2) is 4.79 Å². The van der Waals surface area contributed by atoms with Crippen LogP contribution in [0.2, 0.25) is 0 Å². The standard InChI is InChI=1S/C12H19NO6/c1-6-8(10(16)17)7(9(14)15)5-13(6)11(18)19-12(2,3)4/h6-8H,5H2,1-4H3,(H,14,15)(H,16,17). The first-order valence-corrected chi connectivity index (χ1v) is 6.00. The number of ether oxygens (including phenoxy) is 1. The Morgan fingerprint density at radius 1 is 1.16 bits per heavy atom. The fourth-order valence-corrected chi connectivity index (χ4v) is 2.19. The number of hydrogen-bond acceptors (Lipinski definition) is 4. The van der Waals surface area contributed by atoms with E-state index in [0.29, 0.717) is 0 Å². The summed E-state index contributed by atoms with van der Waals surface area (Å²) >= 11 is 0. The van der Waals surface area contributed by atoms with Crippen LogP contribution < -0.4 is 0 Å². The van der Waals surface area contributed by atoms with E-state index in [9.17, 15) is 14.4 Å². The number of carboxylic acid groups (broad SMARTS) is 2. The highest BCUT2D eigenvalue weighted by Crippen LogP contribution is 2.31. The molecule has 0 aromatic heterocycles. The van der Waals surface area contributed by atoms with Gasteiger partial charge in [0.15, 0.2) is 0 Å². The van der Waals surface area contributed by atoms with E-state index in [2.05, 4.69) is 0 Å². The van der Waals surface area contributed by atoms with E-state index in [1.165, 1.54) is 11.8 Å². The SMILES string of the molecule is CC1C(C(=O)O)C(C(=O)O)CN1C(=O)OC(C)(C)C. The monoisotopic (exact) mass is 273 g/mol. The highest BCUT2D eigenvalue weighted by atomic mass is 16.6. The molecule has 3 unspecified atom stereocenters. The van der Waals surface area contributed by atoms with Gasteiger partial charge in [-0.1, -0.05) is 0 Å². The molecule has 1 rings (SSSR count). The minimum absolute atomic E-state index is 0.150. The third-order valence-electron chi connectivity index (χ3n) is 3.07. The number of rotatable bonds is 2. The molecule has 1 saturated heterocycles. The highest BCUT2D eigenvalue weighted by molar-refractivity contribution is 5.83. The van der Waals surface area contributed by atoms with Crippen molar-refractivity contribution in [1.82, 2.24) is 4.90 Å². The molecule has 0 saturated carbocycles. The Hall–Kier alpha value is -1.79. The molecule has 7 nitrogen and oxygen atoms in total. The van der Waals surface area contributed by atoms with Crippen molar-refractivity contribution < 1.29 is 29.3 Å². The Kier molecular flexibility index (Phi) is 4.07. The van der Waals surface area contributed by atoms with Crippen LogP contribution in [-0.4, -0.2) is 51.3 Å². The fourth-order valence-electron chi connectivity index (χ4n) is 2.19. The predicted octanol–water partition coefficient (Wildman–Crippen LogP) is 1.03. The second kappa shape index (κ2) is 5.07. The van der Waals surface area contributed by atoms with E-state index in [4.69, 9.17) is 14.9 Å². The first-order valence-electron chi connectivity index (χ1n) is 6.00. The van der Waals surface area contributed by atoms with Crippen LogP contribution >= 0.6 is 0 Å². The molecule has 108 valence electrons. The number of nitrogens with zero attached hydrogens (tertiary/aromatic N) is 1. The topological polar surface area (TPSA) is 104 Å². The molecule has 19 heavy (non-hydrogen) atoms. The van der Waals surface area contributed by atoms with Gasteiger partial charge in [0.25, 0.3) is 0 Å². The molecule has 1 aliphatic rings. The van der Waals surface area contributed by atoms with E-state index in [0.717, 1.165) is 0 Å². The summed E-state index contributed by atoms with van der Waals surface area (Å²) in [7, 11) is 0. The lowest BCUT2D eigenvalue weighted by Gasteiger charge is -2.27. The third-order valence-corrected chi connectivity index (χ3v) is 3.07. The number of likely N-dealkylation sites (tertiary alicyclic amines) is 1.